The summed E-state index contributed by atoms with van der Waals surface area (Å²) >= 11 is 0. The van der Waals surface area contributed by atoms with Crippen LogP contribution in [0.3, 0.4) is 0 Å². The molecule has 1 atom stereocenters. The molecule has 0 spiro atoms. The van der Waals surface area contributed by atoms with Gasteiger partial charge >= 0.3 is 0 Å². The summed E-state index contributed by atoms with van der Waals surface area (Å²) in [6, 6.07) is 9.81. The van der Waals surface area contributed by atoms with Gasteiger partial charge in [-0.3, -0.25) is 4.79 Å². The third-order valence-corrected chi connectivity index (χ3v) is 5.32. The molecule has 4 rings (SSSR count). The fourth-order valence-corrected chi connectivity index (χ4v) is 4.15. The number of likely N-dealkylation sites (tertiary alicyclic amines) is 1. The number of amides is 1. The van der Waals surface area contributed by atoms with Crippen molar-refractivity contribution in [3.63, 3.8) is 0 Å². The van der Waals surface area contributed by atoms with E-state index in [0.29, 0.717) is 30.5 Å². The van der Waals surface area contributed by atoms with Crippen LogP contribution >= 0.6 is 0 Å². The van der Waals surface area contributed by atoms with Crippen LogP contribution in [0.5, 0.6) is 0 Å². The minimum Gasteiger partial charge on any atom is -0.381 e. The Morgan fingerprint density at radius 1 is 1.00 bits per heavy atom. The Morgan fingerprint density at radius 3 is 2.36 bits per heavy atom. The zero-order valence-corrected chi connectivity index (χ0v) is 13.0. The number of nitrogens with zero attached hydrogens (tertiary/aromatic N) is 1. The van der Waals surface area contributed by atoms with Gasteiger partial charge in [0.2, 0.25) is 5.91 Å². The smallest absolute Gasteiger partial charge is 0.224 e. The number of hydrogen-bond donors (Lipinski definition) is 1. The van der Waals surface area contributed by atoms with E-state index < -0.39 is 0 Å². The van der Waals surface area contributed by atoms with Crippen molar-refractivity contribution in [1.29, 1.82) is 0 Å². The van der Waals surface area contributed by atoms with Crippen molar-refractivity contribution in [3.8, 4) is 0 Å². The summed E-state index contributed by atoms with van der Waals surface area (Å²) in [5, 5.41) is 3.68. The van der Waals surface area contributed by atoms with Crippen LogP contribution in [-0.2, 0) is 22.4 Å². The van der Waals surface area contributed by atoms with Crippen molar-refractivity contribution in [2.45, 2.75) is 50.2 Å². The second-order valence-corrected chi connectivity index (χ2v) is 6.83. The molecule has 118 valence electrons. The van der Waals surface area contributed by atoms with E-state index in [1.807, 2.05) is 0 Å². The zero-order chi connectivity index (χ0) is 14.9. The predicted molar refractivity (Wildman–Crippen MR) is 84.7 cm³/mol. The zero-order valence-electron chi connectivity index (χ0n) is 13.0. The lowest BCUT2D eigenvalue weighted by molar-refractivity contribution is -0.129. The average Bonchev–Trinajstić information content (AvgIpc) is 3.11. The molecule has 3 aliphatic rings. The first-order valence-corrected chi connectivity index (χ1v) is 8.49. The SMILES string of the molecule is O=C1CC(NC2CCOCC2)CN1C1Cc2ccccc2C1. The molecule has 1 aromatic carbocycles. The van der Waals surface area contributed by atoms with Gasteiger partial charge in [-0.25, -0.2) is 0 Å². The Kier molecular flexibility index (Phi) is 3.89. The van der Waals surface area contributed by atoms with Crippen LogP contribution in [0.1, 0.15) is 30.4 Å². The van der Waals surface area contributed by atoms with Gasteiger partial charge in [-0.15, -0.1) is 0 Å². The van der Waals surface area contributed by atoms with Gasteiger partial charge in [0.15, 0.2) is 0 Å². The van der Waals surface area contributed by atoms with Crippen LogP contribution in [0.2, 0.25) is 0 Å². The number of ether oxygens (including phenoxy) is 1. The summed E-state index contributed by atoms with van der Waals surface area (Å²) in [6.07, 6.45) is 4.83. The van der Waals surface area contributed by atoms with E-state index in [2.05, 4.69) is 34.5 Å². The van der Waals surface area contributed by atoms with E-state index >= 15 is 0 Å². The molecule has 1 aromatic rings. The maximum atomic E-state index is 12.4. The Labute approximate surface area is 131 Å². The number of nitrogens with one attached hydrogen (secondary N) is 1. The summed E-state index contributed by atoms with van der Waals surface area (Å²) in [4.78, 5) is 14.5. The number of carbonyl (C=O) groups excluding carboxylic acids is 1. The standard InChI is InChI=1S/C18H24N2O2/c21-18-11-16(19-15-5-7-22-8-6-15)12-20(18)17-9-13-3-1-2-4-14(13)10-17/h1-4,15-17,19H,5-12H2. The molecule has 1 unspecified atom stereocenters. The first kappa shape index (κ1) is 14.2. The molecule has 22 heavy (non-hydrogen) atoms. The molecule has 0 saturated carbocycles. The molecular weight excluding hydrogens is 276 g/mol. The highest BCUT2D eigenvalue weighted by atomic mass is 16.5. The van der Waals surface area contributed by atoms with E-state index in [9.17, 15) is 4.79 Å². The van der Waals surface area contributed by atoms with Crippen molar-refractivity contribution in [2.75, 3.05) is 19.8 Å². The van der Waals surface area contributed by atoms with Crippen LogP contribution in [0.4, 0.5) is 0 Å². The van der Waals surface area contributed by atoms with Gasteiger partial charge in [-0.2, -0.15) is 0 Å². The van der Waals surface area contributed by atoms with Crippen LogP contribution in [0.15, 0.2) is 24.3 Å². The summed E-state index contributed by atoms with van der Waals surface area (Å²) in [5.74, 6) is 0.322. The van der Waals surface area contributed by atoms with Gasteiger partial charge in [0.05, 0.1) is 0 Å². The number of rotatable bonds is 3. The fraction of sp³-hybridized carbons (Fsp3) is 0.611. The molecule has 1 aliphatic carbocycles. The van der Waals surface area contributed by atoms with Crippen LogP contribution in [-0.4, -0.2) is 48.7 Å². The van der Waals surface area contributed by atoms with Gasteiger partial charge in [0.1, 0.15) is 0 Å². The largest absolute Gasteiger partial charge is 0.381 e. The third-order valence-electron chi connectivity index (χ3n) is 5.32. The van der Waals surface area contributed by atoms with Gasteiger partial charge in [-0.05, 0) is 36.8 Å². The molecule has 4 nitrogen and oxygen atoms in total. The molecule has 4 heteroatoms. The van der Waals surface area contributed by atoms with Crippen molar-refractivity contribution in [1.82, 2.24) is 10.2 Å². The van der Waals surface area contributed by atoms with Crippen LogP contribution < -0.4 is 5.32 Å². The number of benzene rings is 1. The molecule has 0 bridgehead atoms. The molecule has 1 N–H and O–H groups in total. The number of carbonyl (C=O) groups is 1. The molecule has 2 heterocycles. The first-order valence-electron chi connectivity index (χ1n) is 8.49. The number of hydrogen-bond acceptors (Lipinski definition) is 3. The summed E-state index contributed by atoms with van der Waals surface area (Å²) < 4.78 is 5.41. The maximum absolute atomic E-state index is 12.4. The Balaban J connectivity index is 1.37. The normalized spacial score (nSPS) is 26.6. The van der Waals surface area contributed by atoms with E-state index in [0.717, 1.165) is 45.4 Å². The van der Waals surface area contributed by atoms with Crippen molar-refractivity contribution in [3.05, 3.63) is 35.4 Å². The second kappa shape index (κ2) is 6.01. The predicted octanol–water partition coefficient (Wildman–Crippen LogP) is 1.52. The Hall–Kier alpha value is -1.39. The summed E-state index contributed by atoms with van der Waals surface area (Å²) in [5.41, 5.74) is 2.84. The average molecular weight is 300 g/mol. The lowest BCUT2D eigenvalue weighted by atomic mass is 10.1. The number of fused-ring (bicyclic) bond motifs is 1. The summed E-state index contributed by atoms with van der Waals surface area (Å²) in [6.45, 7) is 2.56. The van der Waals surface area contributed by atoms with Crippen LogP contribution in [0, 0.1) is 0 Å². The van der Waals surface area contributed by atoms with Crippen LogP contribution in [0.25, 0.3) is 0 Å². The van der Waals surface area contributed by atoms with E-state index in [4.69, 9.17) is 4.74 Å². The highest BCUT2D eigenvalue weighted by Gasteiger charge is 2.37. The second-order valence-electron chi connectivity index (χ2n) is 6.83. The maximum Gasteiger partial charge on any atom is 0.224 e. The van der Waals surface area contributed by atoms with E-state index in [1.165, 1.54) is 11.1 Å². The highest BCUT2D eigenvalue weighted by molar-refractivity contribution is 5.80. The van der Waals surface area contributed by atoms with E-state index in [-0.39, 0.29) is 0 Å². The molecule has 0 aromatic heterocycles. The Morgan fingerprint density at radius 2 is 1.68 bits per heavy atom. The monoisotopic (exact) mass is 300 g/mol. The quantitative estimate of drug-likeness (QED) is 0.920. The third kappa shape index (κ3) is 2.77. The molecule has 2 aliphatic heterocycles. The first-order chi connectivity index (χ1) is 10.8. The topological polar surface area (TPSA) is 41.6 Å². The fourth-order valence-electron chi connectivity index (χ4n) is 4.15. The molecule has 1 amide bonds. The van der Waals surface area contributed by atoms with Crippen molar-refractivity contribution >= 4 is 5.91 Å². The van der Waals surface area contributed by atoms with Gasteiger partial charge < -0.3 is 15.0 Å². The van der Waals surface area contributed by atoms with Crippen molar-refractivity contribution < 1.29 is 9.53 Å². The molecule has 2 saturated heterocycles. The minimum atomic E-state index is 0.319. The molecule has 0 radical (unpaired) electrons. The van der Waals surface area contributed by atoms with Gasteiger partial charge in [0, 0.05) is 44.3 Å². The minimum absolute atomic E-state index is 0.319. The van der Waals surface area contributed by atoms with Crippen molar-refractivity contribution in [2.24, 2.45) is 0 Å². The van der Waals surface area contributed by atoms with E-state index in [1.54, 1.807) is 0 Å². The highest BCUT2D eigenvalue weighted by Crippen LogP contribution is 2.28. The lowest BCUT2D eigenvalue weighted by Crippen LogP contribution is -2.44. The van der Waals surface area contributed by atoms with Gasteiger partial charge in [-0.1, -0.05) is 24.3 Å². The Bertz CT molecular complexity index is 529. The molecule has 2 fully saturated rings. The lowest BCUT2D eigenvalue weighted by Gasteiger charge is -2.28. The molecular formula is C18H24N2O2. The van der Waals surface area contributed by atoms with Gasteiger partial charge in [0.25, 0.3) is 0 Å². The summed E-state index contributed by atoms with van der Waals surface area (Å²) in [7, 11) is 0.